The Morgan fingerprint density at radius 3 is 2.75 bits per heavy atom. The molecule has 2 aliphatic rings. The summed E-state index contributed by atoms with van der Waals surface area (Å²) in [5, 5.41) is 0. The second-order valence-corrected chi connectivity index (χ2v) is 4.47. The fraction of sp³-hybridized carbons (Fsp3) is 0.462. The van der Waals surface area contributed by atoms with Crippen LogP contribution in [0.15, 0.2) is 30.3 Å². The third-order valence-electron chi connectivity index (χ3n) is 3.44. The highest BCUT2D eigenvalue weighted by Gasteiger charge is 2.50. The molecule has 0 amide bonds. The summed E-state index contributed by atoms with van der Waals surface area (Å²) in [6.07, 6.45) is 0.376. The quantitative estimate of drug-likeness (QED) is 0.675. The van der Waals surface area contributed by atoms with Crippen LogP contribution in [0.4, 0.5) is 0 Å². The lowest BCUT2D eigenvalue weighted by Crippen LogP contribution is -2.23. The first-order chi connectivity index (χ1) is 7.75. The molecule has 2 fully saturated rings. The predicted octanol–water partition coefficient (Wildman–Crippen LogP) is 1.87. The van der Waals surface area contributed by atoms with Gasteiger partial charge in [-0.2, -0.15) is 0 Å². The molecule has 84 valence electrons. The van der Waals surface area contributed by atoms with Gasteiger partial charge in [-0.1, -0.05) is 30.3 Å². The number of hydrogen-bond donors (Lipinski definition) is 0. The lowest BCUT2D eigenvalue weighted by Gasteiger charge is -2.19. The van der Waals surface area contributed by atoms with Gasteiger partial charge in [0.2, 0.25) is 0 Å². The Kier molecular flexibility index (Phi) is 2.21. The number of ether oxygens (including phenoxy) is 2. The Morgan fingerprint density at radius 1 is 1.25 bits per heavy atom. The van der Waals surface area contributed by atoms with Crippen LogP contribution >= 0.6 is 0 Å². The van der Waals surface area contributed by atoms with Gasteiger partial charge in [-0.15, -0.1) is 0 Å². The summed E-state index contributed by atoms with van der Waals surface area (Å²) in [7, 11) is 0. The van der Waals surface area contributed by atoms with Crippen molar-refractivity contribution >= 4 is 5.97 Å². The van der Waals surface area contributed by atoms with Crippen LogP contribution in [0.3, 0.4) is 0 Å². The van der Waals surface area contributed by atoms with E-state index in [1.54, 1.807) is 0 Å². The number of esters is 1. The summed E-state index contributed by atoms with van der Waals surface area (Å²) < 4.78 is 11.1. The van der Waals surface area contributed by atoms with Crippen LogP contribution in [0.25, 0.3) is 0 Å². The van der Waals surface area contributed by atoms with Crippen LogP contribution in [0.1, 0.15) is 24.8 Å². The van der Waals surface area contributed by atoms with Crippen LogP contribution in [0.2, 0.25) is 0 Å². The van der Waals surface area contributed by atoms with E-state index in [2.05, 4.69) is 12.1 Å². The highest BCUT2D eigenvalue weighted by Crippen LogP contribution is 2.41. The second kappa shape index (κ2) is 3.59. The molecular weight excluding hydrogens is 204 g/mol. The van der Waals surface area contributed by atoms with Gasteiger partial charge < -0.3 is 9.47 Å². The molecule has 3 rings (SSSR count). The summed E-state index contributed by atoms with van der Waals surface area (Å²) in [5.41, 5.74) is 1.19. The third-order valence-corrected chi connectivity index (χ3v) is 3.44. The fourth-order valence-electron chi connectivity index (χ4n) is 2.75. The molecule has 1 aromatic rings. The summed E-state index contributed by atoms with van der Waals surface area (Å²) in [6, 6.07) is 10.1. The van der Waals surface area contributed by atoms with Crippen molar-refractivity contribution in [3.05, 3.63) is 35.9 Å². The molecule has 2 aliphatic heterocycles. The molecule has 0 bridgehead atoms. The fourth-order valence-corrected chi connectivity index (χ4v) is 2.75. The van der Waals surface area contributed by atoms with E-state index >= 15 is 0 Å². The number of rotatable bonds is 1. The van der Waals surface area contributed by atoms with Crippen molar-refractivity contribution < 1.29 is 14.3 Å². The zero-order chi connectivity index (χ0) is 11.1. The monoisotopic (exact) mass is 218 g/mol. The van der Waals surface area contributed by atoms with E-state index < -0.39 is 0 Å². The first-order valence-corrected chi connectivity index (χ1v) is 5.65. The molecule has 0 aliphatic carbocycles. The van der Waals surface area contributed by atoms with Gasteiger partial charge in [0.25, 0.3) is 0 Å². The van der Waals surface area contributed by atoms with Crippen molar-refractivity contribution in [3.8, 4) is 0 Å². The first kappa shape index (κ1) is 9.85. The number of fused-ring (bicyclic) bond motifs is 1. The number of benzene rings is 1. The van der Waals surface area contributed by atoms with E-state index in [1.165, 1.54) is 5.56 Å². The molecule has 0 aromatic heterocycles. The minimum atomic E-state index is -0.136. The van der Waals surface area contributed by atoms with Gasteiger partial charge in [0.05, 0.1) is 12.5 Å². The normalized spacial score (nSPS) is 37.2. The van der Waals surface area contributed by atoms with E-state index in [-0.39, 0.29) is 30.2 Å². The second-order valence-electron chi connectivity index (χ2n) is 4.47. The zero-order valence-corrected chi connectivity index (χ0v) is 9.13. The molecule has 4 atom stereocenters. The smallest absolute Gasteiger partial charge is 0.308 e. The van der Waals surface area contributed by atoms with Crippen LogP contribution < -0.4 is 0 Å². The molecule has 1 aromatic carbocycles. The van der Waals surface area contributed by atoms with Crippen LogP contribution in [0, 0.1) is 0 Å². The van der Waals surface area contributed by atoms with Crippen molar-refractivity contribution in [2.24, 2.45) is 0 Å². The standard InChI is InChI=1S/C13H14O3/c1-8-12(9-5-3-2-4-6-9)13-10(15-8)7-11(14)16-13/h2-6,8,10,12-13H,7H2,1H3/t8?,10-,12-,13+/m0/s1. The van der Waals surface area contributed by atoms with E-state index in [0.29, 0.717) is 6.42 Å². The molecule has 1 unspecified atom stereocenters. The summed E-state index contributed by atoms with van der Waals surface area (Å²) >= 11 is 0. The molecule has 0 spiro atoms. The largest absolute Gasteiger partial charge is 0.459 e. The maximum absolute atomic E-state index is 11.2. The van der Waals surface area contributed by atoms with Crippen LogP contribution in [0.5, 0.6) is 0 Å². The molecular formula is C13H14O3. The van der Waals surface area contributed by atoms with Crippen LogP contribution in [-0.2, 0) is 14.3 Å². The van der Waals surface area contributed by atoms with Crippen LogP contribution in [-0.4, -0.2) is 24.3 Å². The minimum absolute atomic E-state index is 0.0484. The van der Waals surface area contributed by atoms with Gasteiger partial charge in [-0.05, 0) is 12.5 Å². The number of carbonyl (C=O) groups excluding carboxylic acids is 1. The molecule has 2 heterocycles. The topological polar surface area (TPSA) is 35.5 Å². The molecule has 0 N–H and O–H groups in total. The lowest BCUT2D eigenvalue weighted by molar-refractivity contribution is -0.142. The molecule has 3 nitrogen and oxygen atoms in total. The third kappa shape index (κ3) is 1.43. The van der Waals surface area contributed by atoms with Crippen molar-refractivity contribution in [2.75, 3.05) is 0 Å². The molecule has 0 saturated carbocycles. The number of hydrogen-bond acceptors (Lipinski definition) is 3. The Hall–Kier alpha value is -1.35. The van der Waals surface area contributed by atoms with E-state index in [1.807, 2.05) is 25.1 Å². The Bertz CT molecular complexity index is 401. The highest BCUT2D eigenvalue weighted by molar-refractivity contribution is 5.73. The highest BCUT2D eigenvalue weighted by atomic mass is 16.6. The average Bonchev–Trinajstić information content (AvgIpc) is 2.74. The zero-order valence-electron chi connectivity index (χ0n) is 9.13. The minimum Gasteiger partial charge on any atom is -0.459 e. The molecule has 0 radical (unpaired) electrons. The van der Waals surface area contributed by atoms with Gasteiger partial charge in [-0.25, -0.2) is 0 Å². The van der Waals surface area contributed by atoms with Crippen molar-refractivity contribution in [3.63, 3.8) is 0 Å². The average molecular weight is 218 g/mol. The van der Waals surface area contributed by atoms with E-state index in [0.717, 1.165) is 0 Å². The van der Waals surface area contributed by atoms with Gasteiger partial charge in [0, 0.05) is 5.92 Å². The van der Waals surface area contributed by atoms with Gasteiger partial charge in [-0.3, -0.25) is 4.79 Å². The molecule has 16 heavy (non-hydrogen) atoms. The Labute approximate surface area is 94.4 Å². The summed E-state index contributed by atoms with van der Waals surface area (Å²) in [4.78, 5) is 11.2. The summed E-state index contributed by atoms with van der Waals surface area (Å²) in [5.74, 6) is 0.0421. The lowest BCUT2D eigenvalue weighted by atomic mass is 9.89. The van der Waals surface area contributed by atoms with Crippen molar-refractivity contribution in [2.45, 2.75) is 37.6 Å². The SMILES string of the molecule is CC1O[C@H]2CC(=O)O[C@H]2[C@@H]1c1ccccc1. The van der Waals surface area contributed by atoms with Gasteiger partial charge >= 0.3 is 5.97 Å². The molecule has 3 heteroatoms. The first-order valence-electron chi connectivity index (χ1n) is 5.65. The van der Waals surface area contributed by atoms with Gasteiger partial charge in [0.1, 0.15) is 12.2 Å². The maximum atomic E-state index is 11.2. The van der Waals surface area contributed by atoms with Crippen molar-refractivity contribution in [1.82, 2.24) is 0 Å². The van der Waals surface area contributed by atoms with Crippen molar-refractivity contribution in [1.29, 1.82) is 0 Å². The van der Waals surface area contributed by atoms with Gasteiger partial charge in [0.15, 0.2) is 0 Å². The summed E-state index contributed by atoms with van der Waals surface area (Å²) in [6.45, 7) is 2.05. The molecule has 2 saturated heterocycles. The Morgan fingerprint density at radius 2 is 2.00 bits per heavy atom. The Balaban J connectivity index is 1.92. The van der Waals surface area contributed by atoms with E-state index in [9.17, 15) is 4.79 Å². The number of carbonyl (C=O) groups is 1. The predicted molar refractivity (Wildman–Crippen MR) is 58.0 cm³/mol. The maximum Gasteiger partial charge on any atom is 0.308 e. The van der Waals surface area contributed by atoms with E-state index in [4.69, 9.17) is 9.47 Å².